The largest absolute Gasteiger partial charge is 0.319 e. The van der Waals surface area contributed by atoms with E-state index in [0.29, 0.717) is 35.6 Å². The molecule has 1 aliphatic rings. The van der Waals surface area contributed by atoms with Gasteiger partial charge in [0.05, 0.1) is 15.1 Å². The first kappa shape index (κ1) is 22.0. The first-order chi connectivity index (χ1) is 15.8. The summed E-state index contributed by atoms with van der Waals surface area (Å²) in [6.07, 6.45) is 0.954. The van der Waals surface area contributed by atoms with E-state index in [1.54, 1.807) is 24.3 Å². The van der Waals surface area contributed by atoms with Crippen molar-refractivity contribution in [1.29, 1.82) is 0 Å². The van der Waals surface area contributed by atoms with Gasteiger partial charge in [0, 0.05) is 31.4 Å². The van der Waals surface area contributed by atoms with Gasteiger partial charge in [-0.25, -0.2) is 8.42 Å². The van der Waals surface area contributed by atoms with Crippen molar-refractivity contribution in [2.45, 2.75) is 24.7 Å². The van der Waals surface area contributed by atoms with Crippen LogP contribution in [0.25, 0.3) is 21.0 Å². The van der Waals surface area contributed by atoms with Gasteiger partial charge in [-0.2, -0.15) is 9.30 Å². The Morgan fingerprint density at radius 1 is 1.00 bits per heavy atom. The Morgan fingerprint density at radius 2 is 1.70 bits per heavy atom. The SMILES string of the molecule is Cc1ccc(S(=O)(=O)N2CCC(C(=O)N=c3sc4ccc5ccccc5c4n3C)CC2)cc1. The molecule has 2 heterocycles. The number of carbonyl (C=O) groups is 1. The van der Waals surface area contributed by atoms with Gasteiger partial charge in [0.2, 0.25) is 10.0 Å². The maximum atomic E-state index is 13.0. The fourth-order valence-corrected chi connectivity index (χ4v) is 6.92. The van der Waals surface area contributed by atoms with Gasteiger partial charge >= 0.3 is 0 Å². The standard InChI is InChI=1S/C25H25N3O3S2/c1-17-7-10-20(11-8-17)33(30,31)28-15-13-19(14-16-28)24(29)26-25-27(2)23-21-6-4-3-5-18(21)9-12-22(23)32-25/h3-12,19H,13-16H2,1-2H3. The number of sulfonamides is 1. The molecule has 170 valence electrons. The van der Waals surface area contributed by atoms with Crippen LogP contribution in [0.5, 0.6) is 0 Å². The van der Waals surface area contributed by atoms with E-state index in [9.17, 15) is 13.2 Å². The summed E-state index contributed by atoms with van der Waals surface area (Å²) >= 11 is 1.50. The first-order valence-electron chi connectivity index (χ1n) is 11.0. The summed E-state index contributed by atoms with van der Waals surface area (Å²) in [6, 6.07) is 19.2. The second-order valence-corrected chi connectivity index (χ2v) is 11.5. The minimum atomic E-state index is -3.54. The molecule has 1 aliphatic heterocycles. The van der Waals surface area contributed by atoms with Gasteiger partial charge in [-0.3, -0.25) is 4.79 Å². The molecule has 8 heteroatoms. The molecule has 1 amide bonds. The molecule has 33 heavy (non-hydrogen) atoms. The minimum Gasteiger partial charge on any atom is -0.319 e. The van der Waals surface area contributed by atoms with Gasteiger partial charge in [0.15, 0.2) is 4.80 Å². The van der Waals surface area contributed by atoms with E-state index in [1.807, 2.05) is 30.7 Å². The first-order valence-corrected chi connectivity index (χ1v) is 13.2. The van der Waals surface area contributed by atoms with Gasteiger partial charge in [-0.15, -0.1) is 0 Å². The molecule has 4 aromatic rings. The predicted octanol–water partition coefficient (Wildman–Crippen LogP) is 4.23. The topological polar surface area (TPSA) is 71.7 Å². The van der Waals surface area contributed by atoms with Crippen LogP contribution in [0, 0.1) is 12.8 Å². The molecule has 1 saturated heterocycles. The molecule has 0 atom stereocenters. The molecule has 0 spiro atoms. The summed E-state index contributed by atoms with van der Waals surface area (Å²) in [6.45, 7) is 2.58. The zero-order valence-electron chi connectivity index (χ0n) is 18.6. The second kappa shape index (κ2) is 8.52. The van der Waals surface area contributed by atoms with Crippen LogP contribution in [0.2, 0.25) is 0 Å². The third kappa shape index (κ3) is 4.03. The van der Waals surface area contributed by atoms with Crippen LogP contribution in [-0.4, -0.2) is 36.3 Å². The van der Waals surface area contributed by atoms with E-state index in [-0.39, 0.29) is 11.8 Å². The minimum absolute atomic E-state index is 0.172. The molecule has 6 nitrogen and oxygen atoms in total. The third-order valence-electron chi connectivity index (χ3n) is 6.35. The number of fused-ring (bicyclic) bond motifs is 3. The summed E-state index contributed by atoms with van der Waals surface area (Å²) in [4.78, 5) is 18.4. The Labute approximate surface area is 196 Å². The second-order valence-electron chi connectivity index (χ2n) is 8.52. The van der Waals surface area contributed by atoms with E-state index in [1.165, 1.54) is 15.6 Å². The van der Waals surface area contributed by atoms with E-state index < -0.39 is 10.0 Å². The maximum Gasteiger partial charge on any atom is 0.251 e. The highest BCUT2D eigenvalue weighted by Gasteiger charge is 2.32. The molecular weight excluding hydrogens is 454 g/mol. The molecule has 5 rings (SSSR count). The van der Waals surface area contributed by atoms with Gasteiger partial charge in [-0.05, 0) is 43.4 Å². The average molecular weight is 480 g/mol. The van der Waals surface area contributed by atoms with Crippen molar-refractivity contribution in [3.8, 4) is 0 Å². The summed E-state index contributed by atoms with van der Waals surface area (Å²) in [7, 11) is -1.60. The van der Waals surface area contributed by atoms with Crippen molar-refractivity contribution in [1.82, 2.24) is 8.87 Å². The van der Waals surface area contributed by atoms with Crippen molar-refractivity contribution in [3.05, 3.63) is 71.0 Å². The number of aryl methyl sites for hydroxylation is 2. The number of piperidine rings is 1. The summed E-state index contributed by atoms with van der Waals surface area (Å²) < 4.78 is 30.4. The monoisotopic (exact) mass is 479 g/mol. The highest BCUT2D eigenvalue weighted by molar-refractivity contribution is 7.89. The Hall–Kier alpha value is -2.81. The van der Waals surface area contributed by atoms with Crippen LogP contribution < -0.4 is 4.80 Å². The highest BCUT2D eigenvalue weighted by Crippen LogP contribution is 2.27. The zero-order chi connectivity index (χ0) is 23.2. The smallest absolute Gasteiger partial charge is 0.251 e. The van der Waals surface area contributed by atoms with Gasteiger partial charge in [0.1, 0.15) is 0 Å². The fraction of sp³-hybridized carbons (Fsp3) is 0.280. The van der Waals surface area contributed by atoms with Crippen molar-refractivity contribution in [3.63, 3.8) is 0 Å². The Balaban J connectivity index is 1.36. The van der Waals surface area contributed by atoms with E-state index in [0.717, 1.165) is 26.6 Å². The Kier molecular flexibility index (Phi) is 5.68. The predicted molar refractivity (Wildman–Crippen MR) is 132 cm³/mol. The van der Waals surface area contributed by atoms with Gasteiger partial charge in [0.25, 0.3) is 5.91 Å². The number of aromatic nitrogens is 1. The average Bonchev–Trinajstić information content (AvgIpc) is 3.15. The van der Waals surface area contributed by atoms with Crippen LogP contribution in [0.3, 0.4) is 0 Å². The fourth-order valence-electron chi connectivity index (χ4n) is 4.41. The number of hydrogen-bond acceptors (Lipinski definition) is 4. The van der Waals surface area contributed by atoms with Crippen molar-refractivity contribution >= 4 is 48.3 Å². The molecule has 1 fully saturated rings. The van der Waals surface area contributed by atoms with E-state index >= 15 is 0 Å². The van der Waals surface area contributed by atoms with Crippen molar-refractivity contribution in [2.75, 3.05) is 13.1 Å². The molecule has 3 aromatic carbocycles. The lowest BCUT2D eigenvalue weighted by Crippen LogP contribution is -2.40. The van der Waals surface area contributed by atoms with Crippen molar-refractivity contribution < 1.29 is 13.2 Å². The molecule has 0 bridgehead atoms. The number of hydrogen-bond donors (Lipinski definition) is 0. The molecular formula is C25H25N3O3S2. The van der Waals surface area contributed by atoms with Crippen LogP contribution >= 0.6 is 11.3 Å². The van der Waals surface area contributed by atoms with Crippen LogP contribution in [-0.2, 0) is 21.9 Å². The maximum absolute atomic E-state index is 13.0. The highest BCUT2D eigenvalue weighted by atomic mass is 32.2. The van der Waals surface area contributed by atoms with Gasteiger partial charge in [-0.1, -0.05) is 59.4 Å². The van der Waals surface area contributed by atoms with E-state index in [2.05, 4.69) is 29.3 Å². The molecule has 0 unspecified atom stereocenters. The quantitative estimate of drug-likeness (QED) is 0.442. The molecule has 0 radical (unpaired) electrons. The van der Waals surface area contributed by atoms with Crippen LogP contribution in [0.1, 0.15) is 18.4 Å². The number of amides is 1. The molecule has 0 N–H and O–H groups in total. The number of benzene rings is 3. The molecule has 0 saturated carbocycles. The normalized spacial score (nSPS) is 16.6. The summed E-state index contributed by atoms with van der Waals surface area (Å²) in [5.41, 5.74) is 2.09. The zero-order valence-corrected chi connectivity index (χ0v) is 20.2. The number of carbonyl (C=O) groups excluding carboxylic acids is 1. The number of rotatable bonds is 3. The van der Waals surface area contributed by atoms with Crippen molar-refractivity contribution in [2.24, 2.45) is 18.0 Å². The number of thiazole rings is 1. The summed E-state index contributed by atoms with van der Waals surface area (Å²) in [5.74, 6) is -0.440. The summed E-state index contributed by atoms with van der Waals surface area (Å²) in [5, 5.41) is 2.29. The van der Waals surface area contributed by atoms with Crippen LogP contribution in [0.4, 0.5) is 0 Å². The van der Waals surface area contributed by atoms with Gasteiger partial charge < -0.3 is 4.57 Å². The Morgan fingerprint density at radius 3 is 2.42 bits per heavy atom. The lowest BCUT2D eigenvalue weighted by atomic mass is 9.98. The Bertz CT molecular complexity index is 1520. The van der Waals surface area contributed by atoms with Crippen LogP contribution in [0.15, 0.2) is 70.6 Å². The number of nitrogens with zero attached hydrogens (tertiary/aromatic N) is 3. The molecule has 0 aliphatic carbocycles. The third-order valence-corrected chi connectivity index (χ3v) is 9.36. The lowest BCUT2D eigenvalue weighted by molar-refractivity contribution is -0.122. The van der Waals surface area contributed by atoms with E-state index in [4.69, 9.17) is 0 Å². The molecule has 1 aromatic heterocycles. The lowest BCUT2D eigenvalue weighted by Gasteiger charge is -2.29.